The van der Waals surface area contributed by atoms with Crippen LogP contribution >= 0.6 is 0 Å². The molecule has 0 saturated heterocycles. The zero-order chi connectivity index (χ0) is 23.0. The number of aliphatic hydroxyl groups is 1. The Labute approximate surface area is 183 Å². The van der Waals surface area contributed by atoms with Crippen LogP contribution in [0, 0.1) is 13.8 Å². The van der Waals surface area contributed by atoms with Crippen molar-refractivity contribution in [3.05, 3.63) is 76.5 Å². The molecule has 0 radical (unpaired) electrons. The van der Waals surface area contributed by atoms with E-state index >= 15 is 0 Å². The number of hydrogen-bond acceptors (Lipinski definition) is 5. The van der Waals surface area contributed by atoms with Gasteiger partial charge >= 0.3 is 0 Å². The van der Waals surface area contributed by atoms with Gasteiger partial charge in [-0.25, -0.2) is 5.01 Å². The lowest BCUT2D eigenvalue weighted by Crippen LogP contribution is -2.46. The fourth-order valence-electron chi connectivity index (χ4n) is 3.26. The summed E-state index contributed by atoms with van der Waals surface area (Å²) < 4.78 is 5.37. The number of amides is 2. The molecular formula is C24H29N3O4. The first-order valence-electron chi connectivity index (χ1n) is 10.0. The lowest BCUT2D eigenvalue weighted by Gasteiger charge is -2.24. The second-order valence-corrected chi connectivity index (χ2v) is 7.05. The molecule has 0 aromatic heterocycles. The number of aliphatic hydroxyl groups excluding tert-OH is 1. The number of carbonyl (C=O) groups is 2. The molecule has 31 heavy (non-hydrogen) atoms. The first-order chi connectivity index (χ1) is 14.8. The van der Waals surface area contributed by atoms with Crippen LogP contribution in [0.5, 0.6) is 5.75 Å². The Balaban J connectivity index is 2.42. The molecule has 2 aromatic carbocycles. The van der Waals surface area contributed by atoms with E-state index in [2.05, 4.69) is 17.0 Å². The number of hydrogen-bond donors (Lipinski definition) is 2. The summed E-state index contributed by atoms with van der Waals surface area (Å²) in [5.74, 6) is -0.308. The Bertz CT molecular complexity index is 978. The highest BCUT2D eigenvalue weighted by Crippen LogP contribution is 2.23. The van der Waals surface area contributed by atoms with Gasteiger partial charge in [0.15, 0.2) is 0 Å². The van der Waals surface area contributed by atoms with Crippen LogP contribution in [-0.2, 0) is 6.42 Å². The first kappa shape index (κ1) is 23.8. The van der Waals surface area contributed by atoms with Crippen LogP contribution < -0.4 is 10.2 Å². The average Bonchev–Trinajstić information content (AvgIpc) is 2.75. The Kier molecular flexibility index (Phi) is 8.52. The molecular weight excluding hydrogens is 394 g/mol. The van der Waals surface area contributed by atoms with E-state index in [0.29, 0.717) is 23.3 Å². The number of nitrogens with one attached hydrogen (secondary N) is 1. The summed E-state index contributed by atoms with van der Waals surface area (Å²) in [6.45, 7) is 9.62. The number of methoxy groups -OCH3 is 1. The SMILES string of the molecule is C=C(/C=N/CCO)N(NC(=O)c1cccc(OC)c1CC)C(=O)c1cc(C)cc(C)c1. The highest BCUT2D eigenvalue weighted by Gasteiger charge is 2.23. The van der Waals surface area contributed by atoms with Crippen LogP contribution in [0.3, 0.4) is 0 Å². The topological polar surface area (TPSA) is 91.2 Å². The molecule has 7 heteroatoms. The summed E-state index contributed by atoms with van der Waals surface area (Å²) in [6, 6.07) is 10.6. The third-order valence-electron chi connectivity index (χ3n) is 4.59. The third kappa shape index (κ3) is 6.02. The van der Waals surface area contributed by atoms with Crippen molar-refractivity contribution in [1.29, 1.82) is 0 Å². The van der Waals surface area contributed by atoms with E-state index in [1.807, 2.05) is 26.8 Å². The van der Waals surface area contributed by atoms with Crippen LogP contribution in [0.2, 0.25) is 0 Å². The maximum atomic E-state index is 13.3. The van der Waals surface area contributed by atoms with Crippen LogP contribution in [0.15, 0.2) is 53.7 Å². The van der Waals surface area contributed by atoms with Gasteiger partial charge in [-0.2, -0.15) is 0 Å². The molecule has 2 N–H and O–H groups in total. The molecule has 2 amide bonds. The second-order valence-electron chi connectivity index (χ2n) is 7.05. The highest BCUT2D eigenvalue weighted by molar-refractivity contribution is 6.03. The number of aliphatic imine (C=N–C) groups is 1. The molecule has 0 heterocycles. The second kappa shape index (κ2) is 11.1. The van der Waals surface area contributed by atoms with Gasteiger partial charge in [-0.3, -0.25) is 20.0 Å². The zero-order valence-corrected chi connectivity index (χ0v) is 18.4. The minimum absolute atomic E-state index is 0.134. The van der Waals surface area contributed by atoms with E-state index < -0.39 is 11.8 Å². The van der Waals surface area contributed by atoms with E-state index in [9.17, 15) is 9.59 Å². The third-order valence-corrected chi connectivity index (χ3v) is 4.59. The fraction of sp³-hybridized carbons (Fsp3) is 0.292. The molecule has 0 aliphatic carbocycles. The summed E-state index contributed by atoms with van der Waals surface area (Å²) in [4.78, 5) is 30.4. The quantitative estimate of drug-likeness (QED) is 0.504. The largest absolute Gasteiger partial charge is 0.496 e. The number of carbonyl (C=O) groups excluding carboxylic acids is 2. The zero-order valence-electron chi connectivity index (χ0n) is 18.4. The molecule has 0 atom stereocenters. The van der Waals surface area contributed by atoms with Crippen molar-refractivity contribution in [2.24, 2.45) is 4.99 Å². The predicted octanol–water partition coefficient (Wildman–Crippen LogP) is 3.24. The van der Waals surface area contributed by atoms with Crippen molar-refractivity contribution in [3.63, 3.8) is 0 Å². The van der Waals surface area contributed by atoms with Gasteiger partial charge < -0.3 is 9.84 Å². The summed E-state index contributed by atoms with van der Waals surface area (Å²) in [7, 11) is 1.55. The molecule has 2 aromatic rings. The van der Waals surface area contributed by atoms with Gasteiger partial charge in [-0.15, -0.1) is 0 Å². The van der Waals surface area contributed by atoms with Crippen molar-refractivity contribution in [2.45, 2.75) is 27.2 Å². The van der Waals surface area contributed by atoms with E-state index in [1.54, 1.807) is 37.4 Å². The van der Waals surface area contributed by atoms with Crippen LogP contribution in [0.25, 0.3) is 0 Å². The smallest absolute Gasteiger partial charge is 0.277 e. The molecule has 0 bridgehead atoms. The number of aryl methyl sites for hydroxylation is 2. The summed E-state index contributed by atoms with van der Waals surface area (Å²) in [5, 5.41) is 10.0. The van der Waals surface area contributed by atoms with Gasteiger partial charge in [0.2, 0.25) is 0 Å². The van der Waals surface area contributed by atoms with Gasteiger partial charge in [0, 0.05) is 22.9 Å². The molecule has 164 valence electrons. The van der Waals surface area contributed by atoms with Gasteiger partial charge in [0.1, 0.15) is 5.75 Å². The number of hydrazine groups is 1. The Morgan fingerprint density at radius 3 is 2.48 bits per heavy atom. The summed E-state index contributed by atoms with van der Waals surface area (Å²) in [6.07, 6.45) is 1.93. The normalized spacial score (nSPS) is 10.7. The van der Waals surface area contributed by atoms with Crippen molar-refractivity contribution in [3.8, 4) is 5.75 Å². The predicted molar refractivity (Wildman–Crippen MR) is 122 cm³/mol. The molecule has 0 unspecified atom stereocenters. The van der Waals surface area contributed by atoms with Crippen LogP contribution in [0.4, 0.5) is 0 Å². The van der Waals surface area contributed by atoms with Gasteiger partial charge in [-0.1, -0.05) is 36.8 Å². The Hall–Kier alpha value is -3.45. The highest BCUT2D eigenvalue weighted by atomic mass is 16.5. The van der Waals surface area contributed by atoms with E-state index in [-0.39, 0.29) is 18.8 Å². The summed E-state index contributed by atoms with van der Waals surface area (Å²) >= 11 is 0. The first-order valence-corrected chi connectivity index (χ1v) is 10.0. The summed E-state index contributed by atoms with van der Waals surface area (Å²) in [5.41, 5.74) is 6.24. The molecule has 7 nitrogen and oxygen atoms in total. The standard InChI is InChI=1S/C24H29N3O4/c1-6-20-21(8-7-9-22(20)31-5)23(29)26-27(18(4)15-25-10-11-28)24(30)19-13-16(2)12-17(3)14-19/h7-9,12-15,28H,4,6,10-11H2,1-3,5H3,(H,26,29)/b25-15+. The van der Waals surface area contributed by atoms with Gasteiger partial charge in [0.25, 0.3) is 11.8 Å². The average molecular weight is 424 g/mol. The number of rotatable bonds is 8. The number of nitrogens with zero attached hydrogens (tertiary/aromatic N) is 2. The maximum Gasteiger partial charge on any atom is 0.277 e. The Morgan fingerprint density at radius 2 is 1.90 bits per heavy atom. The van der Waals surface area contributed by atoms with Crippen LogP contribution in [0.1, 0.15) is 44.3 Å². The van der Waals surface area contributed by atoms with E-state index in [1.165, 1.54) is 6.21 Å². The molecule has 0 saturated carbocycles. The van der Waals surface area contributed by atoms with Gasteiger partial charge in [-0.05, 0) is 44.5 Å². The van der Waals surface area contributed by atoms with E-state index in [0.717, 1.165) is 21.7 Å². The maximum absolute atomic E-state index is 13.3. The van der Waals surface area contributed by atoms with Crippen molar-refractivity contribution in [2.75, 3.05) is 20.3 Å². The molecule has 0 fully saturated rings. The van der Waals surface area contributed by atoms with Crippen LogP contribution in [-0.4, -0.2) is 48.4 Å². The van der Waals surface area contributed by atoms with E-state index in [4.69, 9.17) is 9.84 Å². The molecule has 0 aliphatic rings. The molecule has 0 spiro atoms. The van der Waals surface area contributed by atoms with Crippen molar-refractivity contribution < 1.29 is 19.4 Å². The lowest BCUT2D eigenvalue weighted by molar-refractivity contribution is 0.0662. The molecule has 2 rings (SSSR count). The minimum atomic E-state index is -0.467. The molecule has 0 aliphatic heterocycles. The number of allylic oxidation sites excluding steroid dienone is 1. The Morgan fingerprint density at radius 1 is 1.23 bits per heavy atom. The monoisotopic (exact) mass is 423 g/mol. The fourth-order valence-corrected chi connectivity index (χ4v) is 3.26. The number of ether oxygens (including phenoxy) is 1. The van der Waals surface area contributed by atoms with Gasteiger partial charge in [0.05, 0.1) is 26.0 Å². The minimum Gasteiger partial charge on any atom is -0.496 e. The van der Waals surface area contributed by atoms with Crippen molar-refractivity contribution in [1.82, 2.24) is 10.4 Å². The van der Waals surface area contributed by atoms with Crippen molar-refractivity contribution >= 4 is 18.0 Å². The number of benzene rings is 2. The lowest BCUT2D eigenvalue weighted by atomic mass is 10.0.